The molecule has 2 N–H and O–H groups in total. The van der Waals surface area contributed by atoms with Crippen LogP contribution in [0.3, 0.4) is 0 Å². The van der Waals surface area contributed by atoms with Crippen molar-refractivity contribution in [1.82, 2.24) is 0 Å². The first kappa shape index (κ1) is 20.5. The topological polar surface area (TPSA) is 50.4 Å². The highest BCUT2D eigenvalue weighted by molar-refractivity contribution is 5.92. The number of rotatable bonds is 7. The second-order valence-electron chi connectivity index (χ2n) is 7.69. The van der Waals surface area contributed by atoms with Gasteiger partial charge in [0.05, 0.1) is 0 Å². The van der Waals surface area contributed by atoms with E-state index >= 15 is 0 Å². The third-order valence-electron chi connectivity index (χ3n) is 5.21. The average Bonchev–Trinajstić information content (AvgIpc) is 2.79. The fourth-order valence-electron chi connectivity index (χ4n) is 3.47. The van der Waals surface area contributed by atoms with E-state index in [0.29, 0.717) is 12.3 Å². The van der Waals surface area contributed by atoms with Gasteiger partial charge < -0.3 is 15.4 Å². The zero-order valence-corrected chi connectivity index (χ0v) is 17.8. The van der Waals surface area contributed by atoms with Gasteiger partial charge in [0.15, 0.2) is 6.61 Å². The van der Waals surface area contributed by atoms with Crippen LogP contribution in [0.25, 0.3) is 10.8 Å². The zero-order chi connectivity index (χ0) is 21.6. The summed E-state index contributed by atoms with van der Waals surface area (Å²) in [5, 5.41) is 8.60. The van der Waals surface area contributed by atoms with Crippen LogP contribution in [0.4, 0.5) is 11.4 Å². The second-order valence-corrected chi connectivity index (χ2v) is 7.69. The van der Waals surface area contributed by atoms with E-state index < -0.39 is 0 Å². The van der Waals surface area contributed by atoms with Gasteiger partial charge in [-0.25, -0.2) is 0 Å². The van der Waals surface area contributed by atoms with Gasteiger partial charge in [-0.05, 0) is 55.0 Å². The van der Waals surface area contributed by atoms with Crippen molar-refractivity contribution in [2.45, 2.75) is 20.4 Å². The van der Waals surface area contributed by atoms with E-state index in [1.54, 1.807) is 0 Å². The van der Waals surface area contributed by atoms with Crippen molar-refractivity contribution in [3.05, 3.63) is 102 Å². The maximum atomic E-state index is 12.4. The van der Waals surface area contributed by atoms with Crippen LogP contribution in [0.15, 0.2) is 84.9 Å². The highest BCUT2D eigenvalue weighted by Gasteiger charge is 2.11. The predicted octanol–water partition coefficient (Wildman–Crippen LogP) is 6.09. The Bertz CT molecular complexity index is 1180. The number of aryl methyl sites for hydroxylation is 2. The van der Waals surface area contributed by atoms with Crippen LogP contribution in [0.2, 0.25) is 0 Å². The number of benzene rings is 4. The monoisotopic (exact) mass is 410 g/mol. The van der Waals surface area contributed by atoms with Crippen molar-refractivity contribution >= 4 is 28.1 Å². The number of hydrogen-bond donors (Lipinski definition) is 2. The van der Waals surface area contributed by atoms with Crippen molar-refractivity contribution in [3.8, 4) is 5.75 Å². The minimum Gasteiger partial charge on any atom is -0.483 e. The largest absolute Gasteiger partial charge is 0.483 e. The summed E-state index contributed by atoms with van der Waals surface area (Å²) in [5.74, 6) is 0.520. The van der Waals surface area contributed by atoms with Crippen LogP contribution in [-0.2, 0) is 11.3 Å². The minimum atomic E-state index is -0.186. The molecule has 156 valence electrons. The maximum absolute atomic E-state index is 12.4. The summed E-state index contributed by atoms with van der Waals surface area (Å²) < 4.78 is 5.96. The van der Waals surface area contributed by atoms with Crippen LogP contribution < -0.4 is 15.4 Å². The molecule has 31 heavy (non-hydrogen) atoms. The summed E-state index contributed by atoms with van der Waals surface area (Å²) in [6.07, 6.45) is 0. The molecule has 0 aliphatic carbocycles. The number of ether oxygens (including phenoxy) is 1. The number of amides is 1. The molecule has 0 heterocycles. The lowest BCUT2D eigenvalue weighted by Crippen LogP contribution is -2.20. The van der Waals surface area contributed by atoms with Crippen LogP contribution in [0, 0.1) is 13.8 Å². The van der Waals surface area contributed by atoms with E-state index in [2.05, 4.69) is 54.0 Å². The first-order valence-corrected chi connectivity index (χ1v) is 10.4. The minimum absolute atomic E-state index is 0.0518. The summed E-state index contributed by atoms with van der Waals surface area (Å²) in [4.78, 5) is 12.4. The molecule has 0 saturated heterocycles. The van der Waals surface area contributed by atoms with Gasteiger partial charge in [-0.2, -0.15) is 0 Å². The maximum Gasteiger partial charge on any atom is 0.262 e. The molecule has 0 radical (unpaired) electrons. The Hall–Kier alpha value is -3.79. The molecule has 0 bridgehead atoms. The van der Waals surface area contributed by atoms with Gasteiger partial charge in [0.1, 0.15) is 5.75 Å². The van der Waals surface area contributed by atoms with Crippen molar-refractivity contribution in [2.75, 3.05) is 17.2 Å². The highest BCUT2D eigenvalue weighted by atomic mass is 16.5. The molecule has 0 aromatic heterocycles. The molecule has 0 atom stereocenters. The van der Waals surface area contributed by atoms with Crippen LogP contribution in [-0.4, -0.2) is 12.5 Å². The van der Waals surface area contributed by atoms with E-state index in [-0.39, 0.29) is 12.5 Å². The fraction of sp³-hybridized carbons (Fsp3) is 0.148. The Kier molecular flexibility index (Phi) is 6.18. The lowest BCUT2D eigenvalue weighted by molar-refractivity contribution is -0.118. The van der Waals surface area contributed by atoms with E-state index in [9.17, 15) is 4.79 Å². The molecule has 0 saturated carbocycles. The second kappa shape index (κ2) is 9.35. The molecule has 0 spiro atoms. The Morgan fingerprint density at radius 2 is 1.42 bits per heavy atom. The average molecular weight is 411 g/mol. The smallest absolute Gasteiger partial charge is 0.262 e. The fourth-order valence-corrected chi connectivity index (χ4v) is 3.47. The predicted molar refractivity (Wildman–Crippen MR) is 128 cm³/mol. The van der Waals surface area contributed by atoms with Gasteiger partial charge in [0.25, 0.3) is 5.91 Å². The van der Waals surface area contributed by atoms with Gasteiger partial charge in [0.2, 0.25) is 0 Å². The number of carbonyl (C=O) groups is 1. The Morgan fingerprint density at radius 3 is 2.13 bits per heavy atom. The molecule has 0 unspecified atom stereocenters. The number of anilines is 2. The quantitative estimate of drug-likeness (QED) is 0.388. The van der Waals surface area contributed by atoms with E-state index in [1.165, 1.54) is 5.56 Å². The van der Waals surface area contributed by atoms with Crippen molar-refractivity contribution in [1.29, 1.82) is 0 Å². The molecule has 0 fully saturated rings. The first-order chi connectivity index (χ1) is 15.1. The molecule has 0 aliphatic rings. The molecule has 1 amide bonds. The first-order valence-electron chi connectivity index (χ1n) is 10.4. The third kappa shape index (κ3) is 5.23. The van der Waals surface area contributed by atoms with Gasteiger partial charge in [0, 0.05) is 23.5 Å². The SMILES string of the molecule is Cc1ccc(NCc2c(OCC(=O)Nc3ccc(C)cc3)ccc3ccccc23)cc1. The molecular weight excluding hydrogens is 384 g/mol. The number of hydrogen-bond acceptors (Lipinski definition) is 3. The molecular formula is C27H26N2O2. The van der Waals surface area contributed by atoms with Gasteiger partial charge in [-0.3, -0.25) is 4.79 Å². The summed E-state index contributed by atoms with van der Waals surface area (Å²) >= 11 is 0. The van der Waals surface area contributed by atoms with E-state index in [4.69, 9.17) is 4.74 Å². The third-order valence-corrected chi connectivity index (χ3v) is 5.21. The zero-order valence-electron chi connectivity index (χ0n) is 17.8. The van der Waals surface area contributed by atoms with Crippen molar-refractivity contribution < 1.29 is 9.53 Å². The summed E-state index contributed by atoms with van der Waals surface area (Å²) in [5.41, 5.74) is 5.21. The Labute approximate surface area is 182 Å². The lowest BCUT2D eigenvalue weighted by atomic mass is 10.0. The summed E-state index contributed by atoms with van der Waals surface area (Å²) in [7, 11) is 0. The molecule has 4 aromatic carbocycles. The summed E-state index contributed by atoms with van der Waals surface area (Å²) in [6, 6.07) is 28.2. The number of carbonyl (C=O) groups excluding carboxylic acids is 1. The molecule has 4 rings (SSSR count). The Morgan fingerprint density at radius 1 is 0.774 bits per heavy atom. The molecule has 0 aliphatic heterocycles. The van der Waals surface area contributed by atoms with E-state index in [0.717, 1.165) is 33.3 Å². The normalized spacial score (nSPS) is 10.6. The standard InChI is InChI=1S/C27H26N2O2/c1-19-7-12-22(13-8-19)28-17-25-24-6-4-3-5-21(24)11-16-26(25)31-18-27(30)29-23-14-9-20(2)10-15-23/h3-16,28H,17-18H2,1-2H3,(H,29,30). The van der Waals surface area contributed by atoms with Gasteiger partial charge in [-0.1, -0.05) is 65.7 Å². The number of fused-ring (bicyclic) bond motifs is 1. The highest BCUT2D eigenvalue weighted by Crippen LogP contribution is 2.29. The van der Waals surface area contributed by atoms with Crippen LogP contribution >= 0.6 is 0 Å². The Balaban J connectivity index is 1.50. The van der Waals surface area contributed by atoms with Crippen molar-refractivity contribution in [3.63, 3.8) is 0 Å². The van der Waals surface area contributed by atoms with Crippen LogP contribution in [0.5, 0.6) is 5.75 Å². The van der Waals surface area contributed by atoms with Crippen molar-refractivity contribution in [2.24, 2.45) is 0 Å². The molecule has 4 nitrogen and oxygen atoms in total. The van der Waals surface area contributed by atoms with E-state index in [1.807, 2.05) is 55.5 Å². The summed E-state index contributed by atoms with van der Waals surface area (Å²) in [6.45, 7) is 4.63. The van der Waals surface area contributed by atoms with Gasteiger partial charge in [-0.15, -0.1) is 0 Å². The van der Waals surface area contributed by atoms with Gasteiger partial charge >= 0.3 is 0 Å². The van der Waals surface area contributed by atoms with Crippen LogP contribution in [0.1, 0.15) is 16.7 Å². The number of nitrogens with one attached hydrogen (secondary N) is 2. The molecule has 4 heteroatoms. The lowest BCUT2D eigenvalue weighted by Gasteiger charge is -2.16. The molecule has 4 aromatic rings.